The predicted octanol–water partition coefficient (Wildman–Crippen LogP) is 7.92. The van der Waals surface area contributed by atoms with Gasteiger partial charge in [-0.2, -0.15) is 0 Å². The normalized spacial score (nSPS) is 17.9. The molecule has 1 fully saturated rings. The van der Waals surface area contributed by atoms with E-state index in [9.17, 15) is 19.5 Å². The molecule has 2 amide bonds. The zero-order valence-corrected chi connectivity index (χ0v) is 34.9. The van der Waals surface area contributed by atoms with Crippen LogP contribution in [0.15, 0.2) is 103 Å². The molecule has 12 nitrogen and oxygen atoms in total. The number of aliphatic hydroxyl groups is 1. The van der Waals surface area contributed by atoms with Gasteiger partial charge in [-0.1, -0.05) is 56.3 Å². The minimum absolute atomic E-state index is 0.141. The van der Waals surface area contributed by atoms with Crippen molar-refractivity contribution in [3.63, 3.8) is 0 Å². The number of carbonyl (C=O) groups excluding carboxylic acids is 3. The quantitative estimate of drug-likeness (QED) is 0.0926. The second-order valence-electron chi connectivity index (χ2n) is 16.2. The minimum Gasteiger partial charge on any atom is -0.490 e. The Morgan fingerprint density at radius 1 is 0.902 bits per heavy atom. The second kappa shape index (κ2) is 16.9. The molecular weight excluding hydrogens is 789 g/mol. The Balaban J connectivity index is 0.856. The highest BCUT2D eigenvalue weighted by Crippen LogP contribution is 2.38. The first-order chi connectivity index (χ1) is 29.6. The van der Waals surface area contributed by atoms with Crippen LogP contribution in [-0.4, -0.2) is 72.9 Å². The fourth-order valence-corrected chi connectivity index (χ4v) is 9.71. The molecule has 1 unspecified atom stereocenters. The standard InChI is InChI=1S/C48H46N6O6S/c1-27(2)44(54-25-33-6-4-5-7-35(33)48(54)58)45(56)37-20-34(55)21-38(37)47(57)51-23-32-9-8-30(46-28(3)52-26-61-46)19-42(32)59-16-17-60-43-13-11-31(22-50-43)29-10-12-36-39-24-49-15-14-40(39)53-41(36)18-29/h4-15,18-19,22,24,26-27,34,37-38,44,53,55H,16-17,20-21,23,25H2,1-3H3,(H,51,57)/t34-,37?,38+,44-/m0/s1. The SMILES string of the molecule is Cc1ncsc1-c1ccc(CNC(=O)[C@@H]2C[C@@H](O)CC2C(=O)[C@H](C(C)C)N2Cc3ccccc3C2=O)c(OCCOc2ccc(-c3ccc4c(c3)[nH]c3ccncc34)cn2)c1. The molecule has 3 aromatic carbocycles. The van der Waals surface area contributed by atoms with Crippen molar-refractivity contribution < 1.29 is 29.0 Å². The van der Waals surface area contributed by atoms with E-state index in [1.807, 2.05) is 81.6 Å². The number of fused-ring (bicyclic) bond motifs is 4. The molecule has 0 bridgehead atoms. The molecule has 2 aliphatic rings. The number of aliphatic hydroxyl groups excluding tert-OH is 1. The molecule has 1 saturated carbocycles. The summed E-state index contributed by atoms with van der Waals surface area (Å²) in [5.41, 5.74) is 9.93. The number of carbonyl (C=O) groups is 3. The van der Waals surface area contributed by atoms with E-state index >= 15 is 0 Å². The molecule has 0 radical (unpaired) electrons. The summed E-state index contributed by atoms with van der Waals surface area (Å²) in [5, 5.41) is 16.0. The number of rotatable bonds is 14. The summed E-state index contributed by atoms with van der Waals surface area (Å²) in [6.45, 7) is 6.71. The molecule has 0 spiro atoms. The average Bonchev–Trinajstić information content (AvgIpc) is 4.06. The van der Waals surface area contributed by atoms with Crippen LogP contribution in [0.1, 0.15) is 53.9 Å². The number of benzene rings is 3. The lowest BCUT2D eigenvalue weighted by Crippen LogP contribution is -2.49. The summed E-state index contributed by atoms with van der Waals surface area (Å²) in [5.74, 6) is -1.30. The van der Waals surface area contributed by atoms with Gasteiger partial charge in [-0.15, -0.1) is 11.3 Å². The number of H-pyrrole nitrogens is 1. The number of nitrogens with one attached hydrogen (secondary N) is 2. The monoisotopic (exact) mass is 834 g/mol. The molecule has 9 rings (SSSR count). The summed E-state index contributed by atoms with van der Waals surface area (Å²) in [6, 6.07) is 24.6. The van der Waals surface area contributed by atoms with Gasteiger partial charge in [-0.3, -0.25) is 19.4 Å². The van der Waals surface area contributed by atoms with E-state index in [1.54, 1.807) is 28.9 Å². The molecular formula is C48H46N6O6S. The van der Waals surface area contributed by atoms with Crippen LogP contribution in [0, 0.1) is 24.7 Å². The largest absolute Gasteiger partial charge is 0.490 e. The number of nitrogens with zero attached hydrogens (tertiary/aromatic N) is 4. The van der Waals surface area contributed by atoms with Gasteiger partial charge in [-0.25, -0.2) is 9.97 Å². The van der Waals surface area contributed by atoms with Crippen molar-refractivity contribution in [1.82, 2.24) is 30.2 Å². The molecule has 1 aliphatic heterocycles. The van der Waals surface area contributed by atoms with Gasteiger partial charge >= 0.3 is 0 Å². The van der Waals surface area contributed by atoms with Crippen molar-refractivity contribution in [1.29, 1.82) is 0 Å². The Labute approximate surface area is 357 Å². The zero-order chi connectivity index (χ0) is 42.2. The Morgan fingerprint density at radius 3 is 2.49 bits per heavy atom. The van der Waals surface area contributed by atoms with Crippen LogP contribution in [0.5, 0.6) is 11.6 Å². The number of ketones is 1. The molecule has 7 aromatic rings. The van der Waals surface area contributed by atoms with Crippen LogP contribution in [0.3, 0.4) is 0 Å². The highest BCUT2D eigenvalue weighted by molar-refractivity contribution is 7.13. The Hall–Kier alpha value is -6.44. The van der Waals surface area contributed by atoms with E-state index in [2.05, 4.69) is 43.5 Å². The lowest BCUT2D eigenvalue weighted by molar-refractivity contribution is -0.136. The number of amides is 2. The van der Waals surface area contributed by atoms with Crippen LogP contribution < -0.4 is 14.8 Å². The number of aromatic amines is 1. The van der Waals surface area contributed by atoms with E-state index in [4.69, 9.17) is 9.47 Å². The van der Waals surface area contributed by atoms with Crippen molar-refractivity contribution in [2.24, 2.45) is 17.8 Å². The van der Waals surface area contributed by atoms with Crippen molar-refractivity contribution in [2.45, 2.75) is 58.8 Å². The summed E-state index contributed by atoms with van der Waals surface area (Å²) < 4.78 is 12.3. The molecule has 5 heterocycles. The molecule has 0 saturated heterocycles. The fourth-order valence-electron chi connectivity index (χ4n) is 8.91. The molecule has 1 aliphatic carbocycles. The number of ether oxygens (including phenoxy) is 2. The number of hydrogen-bond donors (Lipinski definition) is 3. The third-order valence-corrected chi connectivity index (χ3v) is 12.9. The minimum atomic E-state index is -0.803. The van der Waals surface area contributed by atoms with Crippen molar-refractivity contribution in [3.8, 4) is 33.2 Å². The summed E-state index contributed by atoms with van der Waals surface area (Å²) in [6.07, 6.45) is 4.97. The molecule has 4 aromatic heterocycles. The second-order valence-corrected chi connectivity index (χ2v) is 17.1. The van der Waals surface area contributed by atoms with Crippen molar-refractivity contribution >= 4 is 50.7 Å². The van der Waals surface area contributed by atoms with Crippen LogP contribution in [-0.2, 0) is 22.7 Å². The average molecular weight is 835 g/mol. The van der Waals surface area contributed by atoms with Gasteiger partial charge in [-0.05, 0) is 72.7 Å². The zero-order valence-electron chi connectivity index (χ0n) is 34.1. The summed E-state index contributed by atoms with van der Waals surface area (Å²) in [7, 11) is 0. The van der Waals surface area contributed by atoms with Crippen molar-refractivity contribution in [2.75, 3.05) is 13.2 Å². The Morgan fingerprint density at radius 2 is 1.70 bits per heavy atom. The summed E-state index contributed by atoms with van der Waals surface area (Å²) >= 11 is 1.54. The van der Waals surface area contributed by atoms with Crippen LogP contribution in [0.4, 0.5) is 0 Å². The van der Waals surface area contributed by atoms with Gasteiger partial charge in [0.05, 0.1) is 34.1 Å². The topological polar surface area (TPSA) is 160 Å². The van der Waals surface area contributed by atoms with Gasteiger partial charge in [0, 0.05) is 82.2 Å². The summed E-state index contributed by atoms with van der Waals surface area (Å²) in [4.78, 5) is 61.0. The van der Waals surface area contributed by atoms with Gasteiger partial charge in [0.25, 0.3) is 5.91 Å². The number of aromatic nitrogens is 4. The van der Waals surface area contributed by atoms with E-state index in [-0.39, 0.29) is 56.1 Å². The number of hydrogen-bond acceptors (Lipinski definition) is 10. The van der Waals surface area contributed by atoms with Crippen LogP contribution in [0.25, 0.3) is 43.4 Å². The van der Waals surface area contributed by atoms with E-state index < -0.39 is 24.0 Å². The van der Waals surface area contributed by atoms with Gasteiger partial charge in [0.15, 0.2) is 5.78 Å². The predicted molar refractivity (Wildman–Crippen MR) is 234 cm³/mol. The van der Waals surface area contributed by atoms with Crippen LogP contribution >= 0.6 is 11.3 Å². The Kier molecular flexibility index (Phi) is 11.1. The highest BCUT2D eigenvalue weighted by atomic mass is 32.1. The van der Waals surface area contributed by atoms with Gasteiger partial charge < -0.3 is 29.8 Å². The van der Waals surface area contributed by atoms with E-state index in [1.165, 1.54) is 11.3 Å². The Bertz CT molecular complexity index is 2760. The molecule has 4 atom stereocenters. The number of aryl methyl sites for hydroxylation is 1. The number of pyridine rings is 2. The number of Topliss-reactive ketones (excluding diaryl/α,β-unsaturated/α-hetero) is 1. The fraction of sp³-hybridized carbons (Fsp3) is 0.292. The lowest BCUT2D eigenvalue weighted by atomic mass is 9.83. The molecule has 310 valence electrons. The van der Waals surface area contributed by atoms with Crippen molar-refractivity contribution in [3.05, 3.63) is 125 Å². The number of thiazole rings is 1. The first-order valence-electron chi connectivity index (χ1n) is 20.6. The highest BCUT2D eigenvalue weighted by Gasteiger charge is 2.47. The van der Waals surface area contributed by atoms with Gasteiger partial charge in [0.2, 0.25) is 11.8 Å². The molecule has 3 N–H and O–H groups in total. The maximum Gasteiger partial charge on any atom is 0.255 e. The van der Waals surface area contributed by atoms with E-state index in [0.29, 0.717) is 23.7 Å². The first-order valence-corrected chi connectivity index (χ1v) is 21.5. The first kappa shape index (κ1) is 40.0. The third kappa shape index (κ3) is 7.98. The smallest absolute Gasteiger partial charge is 0.255 e. The van der Waals surface area contributed by atoms with E-state index in [0.717, 1.165) is 60.2 Å². The third-order valence-electron chi connectivity index (χ3n) is 11.9. The maximum atomic E-state index is 14.3. The molecule has 13 heteroatoms. The van der Waals surface area contributed by atoms with Crippen LogP contribution in [0.2, 0.25) is 0 Å². The lowest BCUT2D eigenvalue weighted by Gasteiger charge is -2.33. The van der Waals surface area contributed by atoms with Gasteiger partial charge in [0.1, 0.15) is 19.0 Å². The maximum absolute atomic E-state index is 14.3. The molecule has 61 heavy (non-hydrogen) atoms.